The van der Waals surface area contributed by atoms with Gasteiger partial charge in [-0.1, -0.05) is 6.92 Å². The van der Waals surface area contributed by atoms with Crippen molar-refractivity contribution in [1.29, 1.82) is 0 Å². The zero-order valence-electron chi connectivity index (χ0n) is 12.2. The van der Waals surface area contributed by atoms with Crippen LogP contribution in [0.4, 0.5) is 4.79 Å². The Morgan fingerprint density at radius 1 is 1.20 bits per heavy atom. The molecule has 3 amide bonds. The molecule has 20 heavy (non-hydrogen) atoms. The molecule has 0 radical (unpaired) electrons. The summed E-state index contributed by atoms with van der Waals surface area (Å²) in [5, 5.41) is 10.9. The summed E-state index contributed by atoms with van der Waals surface area (Å²) in [5.74, 6) is -0.747. The average Bonchev–Trinajstić information content (AvgIpc) is 2.37. The minimum atomic E-state index is -0.863. The predicted octanol–water partition coefficient (Wildman–Crippen LogP) is 1.99. The van der Waals surface area contributed by atoms with Gasteiger partial charge in [0.1, 0.15) is 0 Å². The minimum absolute atomic E-state index is 0.0574. The SMILES string of the molecule is CC1CCCN(C(=O)NC(=O)CCCCC(=O)O)C1C. The molecule has 114 valence electrons. The van der Waals surface area contributed by atoms with Crippen LogP contribution in [0, 0.1) is 5.92 Å². The second-order valence-electron chi connectivity index (χ2n) is 5.51. The molecule has 0 saturated carbocycles. The van der Waals surface area contributed by atoms with E-state index in [0.29, 0.717) is 25.3 Å². The van der Waals surface area contributed by atoms with Crippen LogP contribution in [0.2, 0.25) is 0 Å². The van der Waals surface area contributed by atoms with Crippen LogP contribution in [0.5, 0.6) is 0 Å². The number of rotatable bonds is 5. The third-order valence-corrected chi connectivity index (χ3v) is 3.93. The second kappa shape index (κ2) is 7.87. The second-order valence-corrected chi connectivity index (χ2v) is 5.51. The molecule has 0 aromatic carbocycles. The summed E-state index contributed by atoms with van der Waals surface area (Å²) >= 11 is 0. The van der Waals surface area contributed by atoms with Gasteiger partial charge in [0.05, 0.1) is 0 Å². The summed E-state index contributed by atoms with van der Waals surface area (Å²) < 4.78 is 0. The van der Waals surface area contributed by atoms with Crippen LogP contribution in [0.1, 0.15) is 52.4 Å². The molecule has 0 aliphatic carbocycles. The Morgan fingerprint density at radius 3 is 2.50 bits per heavy atom. The van der Waals surface area contributed by atoms with Gasteiger partial charge in [-0.15, -0.1) is 0 Å². The third-order valence-electron chi connectivity index (χ3n) is 3.93. The van der Waals surface area contributed by atoms with Crippen LogP contribution in [0.25, 0.3) is 0 Å². The fraction of sp³-hybridized carbons (Fsp3) is 0.786. The van der Waals surface area contributed by atoms with E-state index in [-0.39, 0.29) is 30.8 Å². The Balaban J connectivity index is 2.30. The number of urea groups is 1. The topological polar surface area (TPSA) is 86.7 Å². The van der Waals surface area contributed by atoms with Gasteiger partial charge in [0.2, 0.25) is 5.91 Å². The van der Waals surface area contributed by atoms with Crippen molar-refractivity contribution in [1.82, 2.24) is 10.2 Å². The van der Waals surface area contributed by atoms with E-state index in [1.165, 1.54) is 0 Å². The molecular formula is C14H24N2O4. The first-order valence-electron chi connectivity index (χ1n) is 7.24. The van der Waals surface area contributed by atoms with Crippen molar-refractivity contribution in [2.75, 3.05) is 6.54 Å². The first-order valence-corrected chi connectivity index (χ1v) is 7.24. The van der Waals surface area contributed by atoms with Crippen molar-refractivity contribution in [3.05, 3.63) is 0 Å². The number of nitrogens with zero attached hydrogens (tertiary/aromatic N) is 1. The van der Waals surface area contributed by atoms with Gasteiger partial charge < -0.3 is 10.0 Å². The number of carbonyl (C=O) groups excluding carboxylic acids is 2. The first kappa shape index (κ1) is 16.5. The molecule has 6 heteroatoms. The summed E-state index contributed by atoms with van der Waals surface area (Å²) in [4.78, 5) is 35.7. The van der Waals surface area contributed by atoms with E-state index in [9.17, 15) is 14.4 Å². The smallest absolute Gasteiger partial charge is 0.324 e. The maximum absolute atomic E-state index is 12.0. The number of aliphatic carboxylic acids is 1. The van der Waals surface area contributed by atoms with Crippen LogP contribution in [-0.4, -0.2) is 40.5 Å². The van der Waals surface area contributed by atoms with Gasteiger partial charge in [-0.3, -0.25) is 14.9 Å². The van der Waals surface area contributed by atoms with Crippen LogP contribution >= 0.6 is 0 Å². The molecule has 0 spiro atoms. The van der Waals surface area contributed by atoms with Crippen LogP contribution < -0.4 is 5.32 Å². The number of unbranched alkanes of at least 4 members (excludes halogenated alkanes) is 1. The Hall–Kier alpha value is -1.59. The number of imide groups is 1. The van der Waals surface area contributed by atoms with Crippen molar-refractivity contribution in [2.24, 2.45) is 5.92 Å². The Kier molecular flexibility index (Phi) is 6.48. The molecule has 1 heterocycles. The molecule has 1 saturated heterocycles. The third kappa shape index (κ3) is 5.19. The number of likely N-dealkylation sites (tertiary alicyclic amines) is 1. The normalized spacial score (nSPS) is 22.4. The molecule has 0 aromatic rings. The number of hydrogen-bond donors (Lipinski definition) is 2. The zero-order chi connectivity index (χ0) is 15.1. The molecule has 1 rings (SSSR count). The van der Waals surface area contributed by atoms with Crippen LogP contribution in [0.15, 0.2) is 0 Å². The summed E-state index contributed by atoms with van der Waals surface area (Å²) in [7, 11) is 0. The molecule has 1 aliphatic heterocycles. The number of nitrogens with one attached hydrogen (secondary N) is 1. The molecule has 6 nitrogen and oxygen atoms in total. The van der Waals surface area contributed by atoms with Gasteiger partial charge in [0.25, 0.3) is 0 Å². The molecule has 2 atom stereocenters. The maximum Gasteiger partial charge on any atom is 0.324 e. The summed E-state index contributed by atoms with van der Waals surface area (Å²) in [6, 6.07) is -0.184. The van der Waals surface area contributed by atoms with Crippen molar-refractivity contribution in [2.45, 2.75) is 58.4 Å². The predicted molar refractivity (Wildman–Crippen MR) is 74.2 cm³/mol. The maximum atomic E-state index is 12.0. The van der Waals surface area contributed by atoms with E-state index in [4.69, 9.17) is 5.11 Å². The number of carbonyl (C=O) groups is 3. The monoisotopic (exact) mass is 284 g/mol. The average molecular weight is 284 g/mol. The fourth-order valence-electron chi connectivity index (χ4n) is 2.44. The van der Waals surface area contributed by atoms with Gasteiger partial charge in [0, 0.05) is 25.4 Å². The van der Waals surface area contributed by atoms with Crippen molar-refractivity contribution in [3.63, 3.8) is 0 Å². The van der Waals surface area contributed by atoms with E-state index in [1.807, 2.05) is 6.92 Å². The molecular weight excluding hydrogens is 260 g/mol. The summed E-state index contributed by atoms with van der Waals surface area (Å²) in [6.45, 7) is 4.79. The Morgan fingerprint density at radius 2 is 1.85 bits per heavy atom. The lowest BCUT2D eigenvalue weighted by Gasteiger charge is -2.37. The number of amides is 3. The standard InChI is InChI=1S/C14H24N2O4/c1-10-6-5-9-16(11(10)2)14(20)15-12(17)7-3-4-8-13(18)19/h10-11H,3-9H2,1-2H3,(H,18,19)(H,15,17,20). The van der Waals surface area contributed by atoms with Gasteiger partial charge in [-0.05, 0) is 38.5 Å². The Labute approximate surface area is 119 Å². The van der Waals surface area contributed by atoms with Crippen molar-refractivity contribution in [3.8, 4) is 0 Å². The van der Waals surface area contributed by atoms with Gasteiger partial charge in [0.15, 0.2) is 0 Å². The van der Waals surface area contributed by atoms with Gasteiger partial charge in [-0.25, -0.2) is 4.79 Å². The number of carboxylic acid groups (broad SMARTS) is 1. The summed E-state index contributed by atoms with van der Waals surface area (Å²) in [5.41, 5.74) is 0. The lowest BCUT2D eigenvalue weighted by Crippen LogP contribution is -2.51. The van der Waals surface area contributed by atoms with Gasteiger partial charge in [-0.2, -0.15) is 0 Å². The molecule has 0 bridgehead atoms. The van der Waals surface area contributed by atoms with Gasteiger partial charge >= 0.3 is 12.0 Å². The quantitative estimate of drug-likeness (QED) is 0.756. The van der Waals surface area contributed by atoms with Crippen LogP contribution in [0.3, 0.4) is 0 Å². The van der Waals surface area contributed by atoms with E-state index in [2.05, 4.69) is 12.2 Å². The zero-order valence-corrected chi connectivity index (χ0v) is 12.2. The lowest BCUT2D eigenvalue weighted by atomic mass is 9.92. The highest BCUT2D eigenvalue weighted by atomic mass is 16.4. The molecule has 0 aromatic heterocycles. The molecule has 1 aliphatic rings. The van der Waals surface area contributed by atoms with E-state index >= 15 is 0 Å². The highest BCUT2D eigenvalue weighted by Gasteiger charge is 2.28. The first-order chi connectivity index (χ1) is 9.41. The highest BCUT2D eigenvalue weighted by Crippen LogP contribution is 2.22. The van der Waals surface area contributed by atoms with E-state index in [1.54, 1.807) is 4.90 Å². The largest absolute Gasteiger partial charge is 0.481 e. The van der Waals surface area contributed by atoms with E-state index in [0.717, 1.165) is 12.8 Å². The fourth-order valence-corrected chi connectivity index (χ4v) is 2.44. The van der Waals surface area contributed by atoms with Crippen LogP contribution in [-0.2, 0) is 9.59 Å². The number of carboxylic acids is 1. The molecule has 1 fully saturated rings. The highest BCUT2D eigenvalue weighted by molar-refractivity contribution is 5.94. The molecule has 2 unspecified atom stereocenters. The lowest BCUT2D eigenvalue weighted by molar-refractivity contribution is -0.137. The number of hydrogen-bond acceptors (Lipinski definition) is 3. The summed E-state index contributed by atoms with van der Waals surface area (Å²) in [6.07, 6.45) is 3.25. The Bertz CT molecular complexity index is 370. The van der Waals surface area contributed by atoms with E-state index < -0.39 is 5.97 Å². The van der Waals surface area contributed by atoms with Crippen molar-refractivity contribution >= 4 is 17.9 Å². The van der Waals surface area contributed by atoms with Crippen molar-refractivity contribution < 1.29 is 19.5 Å². The number of piperidine rings is 1. The molecule has 2 N–H and O–H groups in total. The minimum Gasteiger partial charge on any atom is -0.481 e.